The van der Waals surface area contributed by atoms with E-state index in [0.717, 1.165) is 35.1 Å². The summed E-state index contributed by atoms with van der Waals surface area (Å²) in [7, 11) is 0. The van der Waals surface area contributed by atoms with Gasteiger partial charge in [-0.15, -0.1) is 0 Å². The van der Waals surface area contributed by atoms with Crippen LogP contribution < -0.4 is 10.6 Å². The molecule has 0 unspecified atom stereocenters. The molecule has 2 amide bonds. The quantitative estimate of drug-likeness (QED) is 0.426. The Bertz CT molecular complexity index is 1220. The maximum Gasteiger partial charge on any atom is 0.407 e. The molecule has 180 valence electrons. The highest BCUT2D eigenvalue weighted by Gasteiger charge is 2.31. The number of benzene rings is 2. The Morgan fingerprint density at radius 2 is 1.63 bits per heavy atom. The average molecular weight is 475 g/mol. The number of hydrogen-bond donors (Lipinski definition) is 3. The van der Waals surface area contributed by atoms with Gasteiger partial charge in [0.2, 0.25) is 0 Å². The Morgan fingerprint density at radius 3 is 2.26 bits per heavy atom. The van der Waals surface area contributed by atoms with Crippen molar-refractivity contribution in [1.82, 2.24) is 10.6 Å². The van der Waals surface area contributed by atoms with E-state index in [1.165, 1.54) is 6.07 Å². The van der Waals surface area contributed by atoms with E-state index < -0.39 is 24.0 Å². The molecule has 0 radical (unpaired) electrons. The molecule has 1 heterocycles. The Labute approximate surface area is 202 Å². The van der Waals surface area contributed by atoms with Gasteiger partial charge in [0.15, 0.2) is 5.76 Å². The second-order valence-corrected chi connectivity index (χ2v) is 8.99. The molecule has 1 saturated carbocycles. The van der Waals surface area contributed by atoms with Crippen molar-refractivity contribution in [1.29, 1.82) is 0 Å². The first-order chi connectivity index (χ1) is 17.0. The summed E-state index contributed by atoms with van der Waals surface area (Å²) >= 11 is 0. The topological polar surface area (TPSA) is 118 Å². The van der Waals surface area contributed by atoms with Gasteiger partial charge >= 0.3 is 12.1 Å². The van der Waals surface area contributed by atoms with Gasteiger partial charge in [-0.05, 0) is 46.7 Å². The maximum absolute atomic E-state index is 12.4. The molecular weight excluding hydrogens is 448 g/mol. The number of carbonyl (C=O) groups excluding carboxylic acids is 2. The van der Waals surface area contributed by atoms with Crippen LogP contribution in [0.15, 0.2) is 65.1 Å². The lowest BCUT2D eigenvalue weighted by atomic mass is 9.98. The summed E-state index contributed by atoms with van der Waals surface area (Å²) in [5.41, 5.74) is 4.57. The van der Waals surface area contributed by atoms with Crippen LogP contribution in [0.3, 0.4) is 0 Å². The summed E-state index contributed by atoms with van der Waals surface area (Å²) in [6, 6.07) is 18.3. The van der Waals surface area contributed by atoms with Gasteiger partial charge in [-0.25, -0.2) is 9.59 Å². The number of hydrogen-bond acceptors (Lipinski definition) is 5. The standard InChI is InChI=1S/C27H26N2O6/c30-25(29-23(26(31)32)13-16-9-10-16)24-12-11-17(35-24)14-28-27(33)34-15-22-20-7-3-1-5-18(20)19-6-2-4-8-21(19)22/h1-8,11-12,16,22-23H,9-10,13-15H2,(H,28,33)(H,29,30)(H,31,32)/t23-/m0/s1. The highest BCUT2D eigenvalue weighted by Crippen LogP contribution is 2.44. The second kappa shape index (κ2) is 9.66. The number of carboxylic acids is 1. The zero-order valence-electron chi connectivity index (χ0n) is 19.0. The fourth-order valence-electron chi connectivity index (χ4n) is 4.54. The summed E-state index contributed by atoms with van der Waals surface area (Å²) in [6.45, 7) is 0.234. The van der Waals surface area contributed by atoms with E-state index in [-0.39, 0.29) is 24.8 Å². The Hall–Kier alpha value is -4.07. The molecule has 35 heavy (non-hydrogen) atoms. The van der Waals surface area contributed by atoms with Crippen molar-refractivity contribution in [2.24, 2.45) is 5.92 Å². The Balaban J connectivity index is 1.13. The van der Waals surface area contributed by atoms with Crippen molar-refractivity contribution in [3.63, 3.8) is 0 Å². The Morgan fingerprint density at radius 1 is 0.971 bits per heavy atom. The third kappa shape index (κ3) is 5.06. The van der Waals surface area contributed by atoms with Gasteiger partial charge in [-0.3, -0.25) is 4.79 Å². The smallest absolute Gasteiger partial charge is 0.407 e. The number of aliphatic carboxylic acids is 1. The molecule has 5 rings (SSSR count). The van der Waals surface area contributed by atoms with Crippen LogP contribution in [0.4, 0.5) is 4.79 Å². The van der Waals surface area contributed by atoms with Crippen LogP contribution in [0, 0.1) is 5.92 Å². The summed E-state index contributed by atoms with van der Waals surface area (Å²) in [6.07, 6.45) is 1.81. The predicted molar refractivity (Wildman–Crippen MR) is 127 cm³/mol. The van der Waals surface area contributed by atoms with Gasteiger partial charge in [-0.1, -0.05) is 61.4 Å². The molecule has 3 aromatic rings. The summed E-state index contributed by atoms with van der Waals surface area (Å²) in [4.78, 5) is 36.1. The molecular formula is C27H26N2O6. The predicted octanol–water partition coefficient (Wildman–Crippen LogP) is 4.30. The average Bonchev–Trinajstić information content (AvgIpc) is 3.45. The fourth-order valence-corrected chi connectivity index (χ4v) is 4.54. The lowest BCUT2D eigenvalue weighted by molar-refractivity contribution is -0.139. The molecule has 2 aromatic carbocycles. The van der Waals surface area contributed by atoms with Crippen LogP contribution in [-0.4, -0.2) is 35.7 Å². The molecule has 1 aromatic heterocycles. The maximum atomic E-state index is 12.4. The van der Waals surface area contributed by atoms with E-state index in [9.17, 15) is 19.5 Å². The molecule has 8 heteroatoms. The highest BCUT2D eigenvalue weighted by atomic mass is 16.5. The summed E-state index contributed by atoms with van der Waals surface area (Å²) < 4.78 is 11.0. The molecule has 0 aliphatic heterocycles. The molecule has 0 bridgehead atoms. The van der Waals surface area contributed by atoms with Gasteiger partial charge in [0.1, 0.15) is 18.4 Å². The fraction of sp³-hybridized carbons (Fsp3) is 0.296. The van der Waals surface area contributed by atoms with Crippen LogP contribution in [0.25, 0.3) is 11.1 Å². The van der Waals surface area contributed by atoms with E-state index in [4.69, 9.17) is 9.15 Å². The van der Waals surface area contributed by atoms with Crippen molar-refractivity contribution in [3.05, 3.63) is 83.3 Å². The third-order valence-electron chi connectivity index (χ3n) is 6.51. The molecule has 1 fully saturated rings. The van der Waals surface area contributed by atoms with Crippen LogP contribution in [-0.2, 0) is 16.1 Å². The van der Waals surface area contributed by atoms with E-state index in [2.05, 4.69) is 34.9 Å². The molecule has 3 N–H and O–H groups in total. The minimum absolute atomic E-state index is 0.00335. The van der Waals surface area contributed by atoms with Gasteiger partial charge in [0, 0.05) is 5.92 Å². The van der Waals surface area contributed by atoms with Crippen molar-refractivity contribution < 1.29 is 28.6 Å². The monoisotopic (exact) mass is 474 g/mol. The van der Waals surface area contributed by atoms with E-state index in [1.54, 1.807) is 6.07 Å². The molecule has 2 aliphatic carbocycles. The second-order valence-electron chi connectivity index (χ2n) is 8.99. The van der Waals surface area contributed by atoms with Gasteiger partial charge < -0.3 is 24.9 Å². The lowest BCUT2D eigenvalue weighted by Crippen LogP contribution is -2.41. The van der Waals surface area contributed by atoms with Crippen LogP contribution in [0.5, 0.6) is 0 Å². The number of furan rings is 1. The van der Waals surface area contributed by atoms with Gasteiger partial charge in [0.05, 0.1) is 6.54 Å². The van der Waals surface area contributed by atoms with Crippen molar-refractivity contribution >= 4 is 18.0 Å². The minimum Gasteiger partial charge on any atom is -0.480 e. The molecule has 1 atom stereocenters. The van der Waals surface area contributed by atoms with Crippen molar-refractivity contribution in [2.75, 3.05) is 6.61 Å². The van der Waals surface area contributed by atoms with Gasteiger partial charge in [-0.2, -0.15) is 0 Å². The zero-order valence-corrected chi connectivity index (χ0v) is 19.0. The largest absolute Gasteiger partial charge is 0.480 e. The Kier molecular flexibility index (Phi) is 6.27. The molecule has 0 spiro atoms. The minimum atomic E-state index is -1.06. The SMILES string of the molecule is O=C(NCc1ccc(C(=O)N[C@@H](CC2CC2)C(=O)O)o1)OCC1c2ccccc2-c2ccccc21. The molecule has 8 nitrogen and oxygen atoms in total. The van der Waals surface area contributed by atoms with E-state index >= 15 is 0 Å². The van der Waals surface area contributed by atoms with Crippen LogP contribution >= 0.6 is 0 Å². The first-order valence-electron chi connectivity index (χ1n) is 11.7. The highest BCUT2D eigenvalue weighted by molar-refractivity contribution is 5.94. The summed E-state index contributed by atoms with van der Waals surface area (Å²) in [5, 5.41) is 14.5. The normalized spacial score (nSPS) is 15.1. The number of ether oxygens (including phenoxy) is 1. The van der Waals surface area contributed by atoms with Crippen LogP contribution in [0.1, 0.15) is 52.6 Å². The van der Waals surface area contributed by atoms with E-state index in [0.29, 0.717) is 18.1 Å². The number of carboxylic acid groups (broad SMARTS) is 1. The number of fused-ring (bicyclic) bond motifs is 3. The first-order valence-corrected chi connectivity index (χ1v) is 11.7. The third-order valence-corrected chi connectivity index (χ3v) is 6.51. The lowest BCUT2D eigenvalue weighted by Gasteiger charge is -2.14. The zero-order chi connectivity index (χ0) is 24.4. The van der Waals surface area contributed by atoms with Crippen molar-refractivity contribution in [3.8, 4) is 11.1 Å². The van der Waals surface area contributed by atoms with Crippen molar-refractivity contribution in [2.45, 2.75) is 37.8 Å². The van der Waals surface area contributed by atoms with Crippen LogP contribution in [0.2, 0.25) is 0 Å². The first kappa shape index (κ1) is 22.7. The van der Waals surface area contributed by atoms with E-state index in [1.807, 2.05) is 24.3 Å². The van der Waals surface area contributed by atoms with Gasteiger partial charge in [0.25, 0.3) is 5.91 Å². The number of carbonyl (C=O) groups is 3. The number of rotatable bonds is 9. The molecule has 0 saturated heterocycles. The summed E-state index contributed by atoms with van der Waals surface area (Å²) in [5.74, 6) is -0.983. The number of alkyl carbamates (subject to hydrolysis) is 1. The molecule has 2 aliphatic rings. The number of nitrogens with one attached hydrogen (secondary N) is 2. The number of amides is 2.